The van der Waals surface area contributed by atoms with Gasteiger partial charge in [0.1, 0.15) is 5.69 Å². The Morgan fingerprint density at radius 3 is 2.32 bits per heavy atom. The van der Waals surface area contributed by atoms with Gasteiger partial charge in [-0.05, 0) is 12.8 Å². The molecule has 0 radical (unpaired) electrons. The Bertz CT molecular complexity index is 579. The van der Waals surface area contributed by atoms with Crippen molar-refractivity contribution in [3.05, 3.63) is 23.2 Å². The van der Waals surface area contributed by atoms with E-state index in [1.165, 1.54) is 6.92 Å². The topological polar surface area (TPSA) is 67.3 Å². The molecule has 0 spiro atoms. The van der Waals surface area contributed by atoms with Crippen LogP contribution in [0.4, 0.5) is 5.13 Å². The summed E-state index contributed by atoms with van der Waals surface area (Å²) in [5.41, 5.74) is 0.300. The molecule has 98 valence electrons. The highest BCUT2D eigenvalue weighted by molar-refractivity contribution is 7.14. The quantitative estimate of drug-likeness (QED) is 0.469. The summed E-state index contributed by atoms with van der Waals surface area (Å²) in [5, 5.41) is 1.90. The highest BCUT2D eigenvalue weighted by Crippen LogP contribution is 2.38. The molecule has 6 heteroatoms. The molecular formula is C13H12N2O3S. The molecule has 2 amide bonds. The first-order valence-electron chi connectivity index (χ1n) is 6.09. The molecular weight excluding hydrogens is 264 g/mol. The molecule has 1 fully saturated rings. The maximum Gasteiger partial charge on any atom is 0.239 e. The molecule has 0 aromatic carbocycles. The number of Topliss-reactive ketones (excluding diaryl/α,β-unsaturated/α-hetero) is 1. The molecule has 2 unspecified atom stereocenters. The number of rotatable bonds is 2. The van der Waals surface area contributed by atoms with Gasteiger partial charge in [-0.15, -0.1) is 11.3 Å². The summed E-state index contributed by atoms with van der Waals surface area (Å²) in [4.78, 5) is 41.0. The summed E-state index contributed by atoms with van der Waals surface area (Å²) < 4.78 is 0. The Morgan fingerprint density at radius 1 is 1.26 bits per heavy atom. The molecule has 1 aliphatic carbocycles. The molecule has 19 heavy (non-hydrogen) atoms. The summed E-state index contributed by atoms with van der Waals surface area (Å²) in [5.74, 6) is -1.07. The van der Waals surface area contributed by atoms with Gasteiger partial charge >= 0.3 is 0 Å². The van der Waals surface area contributed by atoms with Crippen LogP contribution in [0.15, 0.2) is 17.5 Å². The Morgan fingerprint density at radius 2 is 1.84 bits per heavy atom. The predicted octanol–water partition coefficient (Wildman–Crippen LogP) is 1.80. The molecule has 3 rings (SSSR count). The predicted molar refractivity (Wildman–Crippen MR) is 70.0 cm³/mol. The van der Waals surface area contributed by atoms with Crippen molar-refractivity contribution in [1.29, 1.82) is 0 Å². The van der Waals surface area contributed by atoms with Crippen molar-refractivity contribution in [3.63, 3.8) is 0 Å². The van der Waals surface area contributed by atoms with Gasteiger partial charge < -0.3 is 0 Å². The number of aromatic nitrogens is 1. The van der Waals surface area contributed by atoms with Crippen LogP contribution in [0.25, 0.3) is 0 Å². The van der Waals surface area contributed by atoms with Gasteiger partial charge in [0.15, 0.2) is 10.9 Å². The summed E-state index contributed by atoms with van der Waals surface area (Å²) >= 11 is 1.16. The number of hydrogen-bond donors (Lipinski definition) is 0. The standard InChI is InChI=1S/C13H12N2O3S/c1-7(16)10-6-19-13(14-10)15-11(17)8-4-2-3-5-9(8)12(15)18/h2-3,6,8-9H,4-5H2,1H3. The molecule has 5 nitrogen and oxygen atoms in total. The van der Waals surface area contributed by atoms with Gasteiger partial charge in [0.2, 0.25) is 11.8 Å². The van der Waals surface area contributed by atoms with E-state index in [4.69, 9.17) is 0 Å². The maximum atomic E-state index is 12.3. The van der Waals surface area contributed by atoms with Crippen LogP contribution in [-0.2, 0) is 9.59 Å². The first-order valence-corrected chi connectivity index (χ1v) is 6.97. The van der Waals surface area contributed by atoms with Crippen LogP contribution in [0.5, 0.6) is 0 Å². The van der Waals surface area contributed by atoms with Crippen molar-refractivity contribution in [2.75, 3.05) is 4.90 Å². The number of anilines is 1. The minimum Gasteiger partial charge on any atom is -0.293 e. The molecule has 0 bridgehead atoms. The lowest BCUT2D eigenvalue weighted by molar-refractivity contribution is -0.122. The monoisotopic (exact) mass is 276 g/mol. The van der Waals surface area contributed by atoms with Crippen LogP contribution in [0.1, 0.15) is 30.3 Å². The lowest BCUT2D eigenvalue weighted by Crippen LogP contribution is -2.30. The fraction of sp³-hybridized carbons (Fsp3) is 0.385. The number of thiazole rings is 1. The SMILES string of the molecule is CC(=O)c1csc(N2C(=O)C3CC=CCC3C2=O)n1. The Balaban J connectivity index is 1.94. The molecule has 2 heterocycles. The van der Waals surface area contributed by atoms with E-state index >= 15 is 0 Å². The van der Waals surface area contributed by atoms with Crippen molar-refractivity contribution in [3.8, 4) is 0 Å². The fourth-order valence-corrected chi connectivity index (χ4v) is 3.39. The first-order chi connectivity index (χ1) is 9.09. The van der Waals surface area contributed by atoms with Crippen LogP contribution < -0.4 is 4.90 Å². The average molecular weight is 276 g/mol. The fourth-order valence-electron chi connectivity index (χ4n) is 2.52. The van der Waals surface area contributed by atoms with Gasteiger partial charge in [0.25, 0.3) is 0 Å². The lowest BCUT2D eigenvalue weighted by atomic mass is 9.85. The number of allylic oxidation sites excluding steroid dienone is 2. The molecule has 0 N–H and O–H groups in total. The maximum absolute atomic E-state index is 12.3. The van der Waals surface area contributed by atoms with Gasteiger partial charge in [0, 0.05) is 12.3 Å². The number of ketones is 1. The lowest BCUT2D eigenvalue weighted by Gasteiger charge is -2.14. The third-order valence-electron chi connectivity index (χ3n) is 3.55. The zero-order valence-corrected chi connectivity index (χ0v) is 11.1. The largest absolute Gasteiger partial charge is 0.293 e. The third kappa shape index (κ3) is 1.83. The summed E-state index contributed by atoms with van der Waals surface area (Å²) in [6, 6.07) is 0. The van der Waals surface area contributed by atoms with Crippen molar-refractivity contribution in [2.24, 2.45) is 11.8 Å². The first kappa shape index (κ1) is 12.2. The second kappa shape index (κ2) is 4.38. The number of imide groups is 1. The van der Waals surface area contributed by atoms with Gasteiger partial charge in [-0.1, -0.05) is 12.2 Å². The summed E-state index contributed by atoms with van der Waals surface area (Å²) in [7, 11) is 0. The zero-order valence-electron chi connectivity index (χ0n) is 10.3. The van der Waals surface area contributed by atoms with Gasteiger partial charge in [-0.2, -0.15) is 0 Å². The minimum absolute atomic E-state index is 0.166. The van der Waals surface area contributed by atoms with Crippen molar-refractivity contribution in [1.82, 2.24) is 4.98 Å². The van der Waals surface area contributed by atoms with Crippen LogP contribution in [0, 0.1) is 11.8 Å². The van der Waals surface area contributed by atoms with E-state index in [0.717, 1.165) is 16.2 Å². The summed E-state index contributed by atoms with van der Waals surface area (Å²) in [6.07, 6.45) is 5.10. The number of hydrogen-bond acceptors (Lipinski definition) is 5. The molecule has 1 saturated heterocycles. The number of carbonyl (C=O) groups is 3. The summed E-state index contributed by atoms with van der Waals surface area (Å²) in [6.45, 7) is 1.41. The van der Waals surface area contributed by atoms with Crippen molar-refractivity contribution in [2.45, 2.75) is 19.8 Å². The molecule has 2 aliphatic rings. The molecule has 0 saturated carbocycles. The van der Waals surface area contributed by atoms with Gasteiger partial charge in [-0.3, -0.25) is 14.4 Å². The number of fused-ring (bicyclic) bond motifs is 1. The van der Waals surface area contributed by atoms with Crippen molar-refractivity contribution >= 4 is 34.1 Å². The zero-order chi connectivity index (χ0) is 13.6. The second-order valence-corrected chi connectivity index (χ2v) is 5.58. The smallest absolute Gasteiger partial charge is 0.239 e. The van der Waals surface area contributed by atoms with E-state index in [0.29, 0.717) is 23.7 Å². The van der Waals surface area contributed by atoms with E-state index in [2.05, 4.69) is 4.98 Å². The van der Waals surface area contributed by atoms with Gasteiger partial charge in [0.05, 0.1) is 11.8 Å². The second-order valence-electron chi connectivity index (χ2n) is 4.74. The normalized spacial score (nSPS) is 25.8. The Kier molecular flexibility index (Phi) is 2.82. The van der Waals surface area contributed by atoms with E-state index in [9.17, 15) is 14.4 Å². The Labute approximate surface area is 113 Å². The van der Waals surface area contributed by atoms with Crippen molar-refractivity contribution < 1.29 is 14.4 Å². The molecule has 1 aliphatic heterocycles. The van der Waals surface area contributed by atoms with E-state index < -0.39 is 0 Å². The minimum atomic E-state index is -0.262. The highest BCUT2D eigenvalue weighted by Gasteiger charge is 2.48. The van der Waals surface area contributed by atoms with E-state index in [1.54, 1.807) is 5.38 Å². The van der Waals surface area contributed by atoms with Crippen LogP contribution in [-0.4, -0.2) is 22.6 Å². The molecule has 1 aromatic rings. The highest BCUT2D eigenvalue weighted by atomic mass is 32.1. The number of nitrogens with zero attached hydrogens (tertiary/aromatic N) is 2. The van der Waals surface area contributed by atoms with E-state index in [1.807, 2.05) is 12.2 Å². The third-order valence-corrected chi connectivity index (χ3v) is 4.38. The van der Waals surface area contributed by atoms with Crippen LogP contribution in [0.3, 0.4) is 0 Å². The molecule has 1 aromatic heterocycles. The van der Waals surface area contributed by atoms with E-state index in [-0.39, 0.29) is 29.4 Å². The van der Waals surface area contributed by atoms with Crippen LogP contribution >= 0.6 is 11.3 Å². The van der Waals surface area contributed by atoms with Crippen LogP contribution in [0.2, 0.25) is 0 Å². The average Bonchev–Trinajstić information content (AvgIpc) is 2.96. The Hall–Kier alpha value is -1.82. The molecule has 2 atom stereocenters. The number of amides is 2. The van der Waals surface area contributed by atoms with Gasteiger partial charge in [-0.25, -0.2) is 9.88 Å². The number of carbonyl (C=O) groups excluding carboxylic acids is 3.